The highest BCUT2D eigenvalue weighted by molar-refractivity contribution is 5.87. The van der Waals surface area contributed by atoms with E-state index >= 15 is 0 Å². The fraction of sp³-hybridized carbons (Fsp3) is 0.400. The second-order valence-electron chi connectivity index (χ2n) is 8.56. The molecule has 168 valence electrons. The van der Waals surface area contributed by atoms with Crippen LogP contribution in [-0.4, -0.2) is 45.6 Å². The number of hydrogen-bond donors (Lipinski definition) is 1. The molecule has 1 unspecified atom stereocenters. The smallest absolute Gasteiger partial charge is 0.218 e. The number of fused-ring (bicyclic) bond motifs is 1. The second kappa shape index (κ2) is 9.61. The van der Waals surface area contributed by atoms with E-state index in [-0.39, 0.29) is 17.9 Å². The van der Waals surface area contributed by atoms with Gasteiger partial charge in [-0.2, -0.15) is 0 Å². The molecule has 6 nitrogen and oxygen atoms in total. The summed E-state index contributed by atoms with van der Waals surface area (Å²) in [4.78, 5) is 16.6. The van der Waals surface area contributed by atoms with Crippen molar-refractivity contribution in [1.29, 1.82) is 0 Å². The topological polar surface area (TPSA) is 57.3 Å². The van der Waals surface area contributed by atoms with Gasteiger partial charge in [0.25, 0.3) is 0 Å². The van der Waals surface area contributed by atoms with Gasteiger partial charge in [0.15, 0.2) is 0 Å². The van der Waals surface area contributed by atoms with Gasteiger partial charge < -0.3 is 9.72 Å². The van der Waals surface area contributed by atoms with Gasteiger partial charge >= 0.3 is 0 Å². The summed E-state index contributed by atoms with van der Waals surface area (Å²) in [5.74, 6) is 0.326. The van der Waals surface area contributed by atoms with Gasteiger partial charge in [0.1, 0.15) is 11.5 Å². The lowest BCUT2D eigenvalue weighted by Gasteiger charge is -2.30. The molecule has 0 spiro atoms. The highest BCUT2D eigenvalue weighted by Gasteiger charge is 2.21. The predicted octanol–water partition coefficient (Wildman–Crippen LogP) is 4.85. The number of halogens is 1. The Morgan fingerprint density at radius 2 is 1.94 bits per heavy atom. The van der Waals surface area contributed by atoms with Crippen LogP contribution in [0.4, 0.5) is 4.39 Å². The number of hydrogen-bond acceptors (Lipinski definition) is 3. The summed E-state index contributed by atoms with van der Waals surface area (Å²) in [5, 5.41) is 3.30. The second-order valence-corrected chi connectivity index (χ2v) is 8.56. The van der Waals surface area contributed by atoms with Crippen LogP contribution in [0.15, 0.2) is 52.6 Å². The Morgan fingerprint density at radius 1 is 1.19 bits per heavy atom. The molecule has 0 bridgehead atoms. The first kappa shape index (κ1) is 22.1. The van der Waals surface area contributed by atoms with Crippen molar-refractivity contribution in [3.05, 3.63) is 59.7 Å². The fourth-order valence-corrected chi connectivity index (χ4v) is 3.95. The van der Waals surface area contributed by atoms with Gasteiger partial charge in [-0.15, -0.1) is 0 Å². The minimum atomic E-state index is -0.261. The zero-order chi connectivity index (χ0) is 22.7. The number of guanidine groups is 1. The number of pyridine rings is 1. The SMILES string of the molecule is C/C=N\C(=NC(C)c1c(-c2ccc(F)cc2)nc2cc(CN3CCC3)ccn12)NC(C)C. The van der Waals surface area contributed by atoms with E-state index < -0.39 is 0 Å². The Labute approximate surface area is 188 Å². The minimum Gasteiger partial charge on any atom is -0.352 e. The molecule has 0 amide bonds. The van der Waals surface area contributed by atoms with Crippen molar-refractivity contribution < 1.29 is 4.39 Å². The molecule has 0 radical (unpaired) electrons. The number of likely N-dealkylation sites (tertiary alicyclic amines) is 1. The molecule has 32 heavy (non-hydrogen) atoms. The van der Waals surface area contributed by atoms with Crippen LogP contribution in [0.5, 0.6) is 0 Å². The van der Waals surface area contributed by atoms with Crippen LogP contribution < -0.4 is 5.32 Å². The standard InChI is InChI=1S/C25H31FN6/c1-5-27-25(28-17(2)3)29-18(4)24-23(20-7-9-21(26)10-8-20)30-22-15-19(11-14-32(22)24)16-31-12-6-13-31/h5,7-11,14-15,17-18H,6,12-13,16H2,1-4H3,(H,28,29)/b27-5-. The molecule has 1 aliphatic heterocycles. The molecule has 3 aromatic rings. The predicted molar refractivity (Wildman–Crippen MR) is 129 cm³/mol. The highest BCUT2D eigenvalue weighted by Crippen LogP contribution is 2.31. The number of rotatable bonds is 6. The van der Waals surface area contributed by atoms with Gasteiger partial charge in [0.2, 0.25) is 5.96 Å². The first-order chi connectivity index (χ1) is 15.4. The Balaban J connectivity index is 1.80. The zero-order valence-electron chi connectivity index (χ0n) is 19.2. The van der Waals surface area contributed by atoms with Crippen molar-refractivity contribution >= 4 is 17.8 Å². The average molecular weight is 435 g/mol. The molecule has 1 N–H and O–H groups in total. The van der Waals surface area contributed by atoms with E-state index in [2.05, 4.69) is 51.8 Å². The molecule has 0 saturated carbocycles. The summed E-state index contributed by atoms with van der Waals surface area (Å²) in [7, 11) is 0. The van der Waals surface area contributed by atoms with Crippen molar-refractivity contribution in [2.75, 3.05) is 13.1 Å². The van der Waals surface area contributed by atoms with Gasteiger partial charge in [-0.05, 0) is 89.2 Å². The van der Waals surface area contributed by atoms with Crippen LogP contribution in [-0.2, 0) is 6.54 Å². The number of aromatic nitrogens is 2. The summed E-state index contributed by atoms with van der Waals surface area (Å²) in [6.07, 6.45) is 5.08. The third-order valence-electron chi connectivity index (χ3n) is 5.58. The molecular formula is C25H31FN6. The quantitative estimate of drug-likeness (QED) is 0.446. The summed E-state index contributed by atoms with van der Waals surface area (Å²) >= 11 is 0. The number of aliphatic imine (C=N–C) groups is 2. The molecule has 4 rings (SSSR count). The Bertz CT molecular complexity index is 1130. The molecule has 7 heteroatoms. The molecule has 0 aliphatic carbocycles. The van der Waals surface area contributed by atoms with Crippen molar-refractivity contribution in [1.82, 2.24) is 19.6 Å². The van der Waals surface area contributed by atoms with E-state index in [1.807, 2.05) is 13.8 Å². The average Bonchev–Trinajstić information content (AvgIpc) is 3.09. The highest BCUT2D eigenvalue weighted by atomic mass is 19.1. The molecule has 1 aromatic carbocycles. The first-order valence-corrected chi connectivity index (χ1v) is 11.3. The molecular weight excluding hydrogens is 403 g/mol. The summed E-state index contributed by atoms with van der Waals surface area (Å²) < 4.78 is 15.7. The van der Waals surface area contributed by atoms with Crippen LogP contribution in [0.1, 0.15) is 51.4 Å². The lowest BCUT2D eigenvalue weighted by molar-refractivity contribution is 0.172. The maximum absolute atomic E-state index is 13.6. The van der Waals surface area contributed by atoms with Crippen LogP contribution >= 0.6 is 0 Å². The van der Waals surface area contributed by atoms with E-state index in [9.17, 15) is 4.39 Å². The lowest BCUT2D eigenvalue weighted by atomic mass is 10.1. The summed E-state index contributed by atoms with van der Waals surface area (Å²) in [5.41, 5.74) is 4.75. The van der Waals surface area contributed by atoms with Gasteiger partial charge in [-0.25, -0.2) is 19.4 Å². The molecule has 1 atom stereocenters. The van der Waals surface area contributed by atoms with E-state index in [1.54, 1.807) is 18.3 Å². The maximum Gasteiger partial charge on any atom is 0.218 e. The molecule has 1 saturated heterocycles. The number of nitrogens with zero attached hydrogens (tertiary/aromatic N) is 5. The minimum absolute atomic E-state index is 0.212. The molecule has 3 heterocycles. The summed E-state index contributed by atoms with van der Waals surface area (Å²) in [6, 6.07) is 10.8. The van der Waals surface area contributed by atoms with Gasteiger partial charge in [0, 0.05) is 30.6 Å². The normalized spacial score (nSPS) is 16.1. The summed E-state index contributed by atoms with van der Waals surface area (Å²) in [6.45, 7) is 11.3. The number of imidazole rings is 1. The number of benzene rings is 1. The van der Waals surface area contributed by atoms with E-state index in [0.29, 0.717) is 5.96 Å². The zero-order valence-corrected chi connectivity index (χ0v) is 19.2. The van der Waals surface area contributed by atoms with Gasteiger partial charge in [-0.1, -0.05) is 0 Å². The van der Waals surface area contributed by atoms with E-state index in [1.165, 1.54) is 24.1 Å². The van der Waals surface area contributed by atoms with Crippen LogP contribution in [0.25, 0.3) is 16.9 Å². The van der Waals surface area contributed by atoms with E-state index in [4.69, 9.17) is 9.98 Å². The van der Waals surface area contributed by atoms with Crippen molar-refractivity contribution in [2.24, 2.45) is 9.98 Å². The first-order valence-electron chi connectivity index (χ1n) is 11.3. The third kappa shape index (κ3) is 4.88. The Kier molecular flexibility index (Phi) is 6.65. The maximum atomic E-state index is 13.6. The van der Waals surface area contributed by atoms with Gasteiger partial charge in [0.05, 0.1) is 17.4 Å². The fourth-order valence-electron chi connectivity index (χ4n) is 3.95. The van der Waals surface area contributed by atoms with Crippen LogP contribution in [0.2, 0.25) is 0 Å². The molecule has 1 fully saturated rings. The van der Waals surface area contributed by atoms with Crippen molar-refractivity contribution in [3.63, 3.8) is 0 Å². The largest absolute Gasteiger partial charge is 0.352 e. The van der Waals surface area contributed by atoms with Crippen molar-refractivity contribution in [3.8, 4) is 11.3 Å². The van der Waals surface area contributed by atoms with Crippen molar-refractivity contribution in [2.45, 2.75) is 52.7 Å². The Morgan fingerprint density at radius 3 is 2.56 bits per heavy atom. The van der Waals surface area contributed by atoms with Crippen LogP contribution in [0.3, 0.4) is 0 Å². The monoisotopic (exact) mass is 434 g/mol. The Hall–Kier alpha value is -3.06. The third-order valence-corrected chi connectivity index (χ3v) is 5.58. The van der Waals surface area contributed by atoms with E-state index in [0.717, 1.165) is 42.2 Å². The molecule has 2 aromatic heterocycles. The van der Waals surface area contributed by atoms with Crippen LogP contribution in [0, 0.1) is 5.82 Å². The molecule has 1 aliphatic rings. The number of nitrogens with one attached hydrogen (secondary N) is 1. The van der Waals surface area contributed by atoms with Gasteiger partial charge in [-0.3, -0.25) is 4.90 Å². The lowest BCUT2D eigenvalue weighted by Crippen LogP contribution is -2.36.